The molecule has 0 fully saturated rings. The molecule has 2 rings (SSSR count). The molecule has 0 bridgehead atoms. The zero-order valence-corrected chi connectivity index (χ0v) is 18.1. The topological polar surface area (TPSA) is 78.9 Å². The van der Waals surface area contributed by atoms with Gasteiger partial charge in [0.15, 0.2) is 0 Å². The number of amides is 2. The lowest BCUT2D eigenvalue weighted by Crippen LogP contribution is -2.37. The first kappa shape index (κ1) is 23.0. The largest absolute Gasteiger partial charge is 0.490 e. The molecule has 2 aromatic carbocycles. The summed E-state index contributed by atoms with van der Waals surface area (Å²) in [6, 6.07) is 13.3. The van der Waals surface area contributed by atoms with Crippen LogP contribution in [0.15, 0.2) is 48.2 Å². The Bertz CT molecular complexity index is 904. The van der Waals surface area contributed by atoms with Crippen LogP contribution in [0.3, 0.4) is 0 Å². The number of rotatable bonds is 9. The number of nitrogens with one attached hydrogen (secondary N) is 1. The zero-order chi connectivity index (χ0) is 22.1. The summed E-state index contributed by atoms with van der Waals surface area (Å²) in [7, 11) is 3.09. The molecule has 2 amide bonds. The standard InChI is InChI=1S/C24H30N2O4/c1-5-6-7-14-25-24(29)26(3)20-13-8-17(2)21(16-20)19-11-9-18(10-12-19)15-22(30-4)23(27)28/h8-13,15-16H,5-7,14H2,1-4H3,(H,25,29)(H,27,28)/b22-15+. The smallest absolute Gasteiger partial charge is 0.371 e. The molecule has 160 valence electrons. The third-order valence-electron chi connectivity index (χ3n) is 4.92. The van der Waals surface area contributed by atoms with E-state index in [9.17, 15) is 9.59 Å². The average molecular weight is 411 g/mol. The van der Waals surface area contributed by atoms with Crippen LogP contribution in [0.1, 0.15) is 37.3 Å². The van der Waals surface area contributed by atoms with E-state index in [1.54, 1.807) is 11.9 Å². The lowest BCUT2D eigenvalue weighted by atomic mass is 9.98. The van der Waals surface area contributed by atoms with Gasteiger partial charge in [-0.2, -0.15) is 0 Å². The van der Waals surface area contributed by atoms with Gasteiger partial charge in [0.2, 0.25) is 5.76 Å². The number of nitrogens with zero attached hydrogens (tertiary/aromatic N) is 1. The highest BCUT2D eigenvalue weighted by atomic mass is 16.5. The number of carboxylic acid groups (broad SMARTS) is 1. The van der Waals surface area contributed by atoms with Gasteiger partial charge in [-0.25, -0.2) is 9.59 Å². The van der Waals surface area contributed by atoms with Gasteiger partial charge >= 0.3 is 12.0 Å². The Kier molecular flexibility index (Phi) is 8.47. The van der Waals surface area contributed by atoms with Crippen molar-refractivity contribution in [3.8, 4) is 11.1 Å². The van der Waals surface area contributed by atoms with Gasteiger partial charge in [0, 0.05) is 19.3 Å². The quantitative estimate of drug-likeness (QED) is 0.344. The molecular weight excluding hydrogens is 380 g/mol. The lowest BCUT2D eigenvalue weighted by Gasteiger charge is -2.20. The van der Waals surface area contributed by atoms with Gasteiger partial charge in [0.1, 0.15) is 0 Å². The van der Waals surface area contributed by atoms with Crippen LogP contribution in [-0.2, 0) is 9.53 Å². The molecule has 0 atom stereocenters. The first-order valence-electron chi connectivity index (χ1n) is 10.1. The number of carbonyl (C=O) groups is 2. The normalized spacial score (nSPS) is 11.1. The highest BCUT2D eigenvalue weighted by molar-refractivity contribution is 5.92. The van der Waals surface area contributed by atoms with Gasteiger partial charge in [-0.3, -0.25) is 4.90 Å². The van der Waals surface area contributed by atoms with Crippen LogP contribution in [0.5, 0.6) is 0 Å². The molecule has 2 N–H and O–H groups in total. The minimum Gasteiger partial charge on any atom is -0.490 e. The van der Waals surface area contributed by atoms with E-state index in [4.69, 9.17) is 9.84 Å². The van der Waals surface area contributed by atoms with Crippen molar-refractivity contribution in [2.45, 2.75) is 33.1 Å². The SMILES string of the molecule is CCCCCNC(=O)N(C)c1ccc(C)c(-c2ccc(/C=C(/OC)C(=O)O)cc2)c1. The monoisotopic (exact) mass is 410 g/mol. The highest BCUT2D eigenvalue weighted by Gasteiger charge is 2.13. The minimum absolute atomic E-state index is 0.118. The van der Waals surface area contributed by atoms with Crippen molar-refractivity contribution in [2.24, 2.45) is 0 Å². The van der Waals surface area contributed by atoms with E-state index < -0.39 is 5.97 Å². The Labute approximate surface area is 178 Å². The lowest BCUT2D eigenvalue weighted by molar-refractivity contribution is -0.135. The molecule has 30 heavy (non-hydrogen) atoms. The summed E-state index contributed by atoms with van der Waals surface area (Å²) in [5.41, 5.74) is 4.62. The van der Waals surface area contributed by atoms with E-state index in [1.807, 2.05) is 49.4 Å². The van der Waals surface area contributed by atoms with Gasteiger partial charge in [-0.05, 0) is 53.8 Å². The van der Waals surface area contributed by atoms with Gasteiger partial charge < -0.3 is 15.2 Å². The van der Waals surface area contributed by atoms with Crippen LogP contribution in [0, 0.1) is 6.92 Å². The molecule has 0 aromatic heterocycles. The summed E-state index contributed by atoms with van der Waals surface area (Å²) >= 11 is 0. The van der Waals surface area contributed by atoms with Crippen molar-refractivity contribution in [2.75, 3.05) is 25.6 Å². The number of ether oxygens (including phenoxy) is 1. The summed E-state index contributed by atoms with van der Waals surface area (Å²) in [6.07, 6.45) is 4.67. The number of carbonyl (C=O) groups excluding carboxylic acids is 1. The second-order valence-corrected chi connectivity index (χ2v) is 7.14. The number of urea groups is 1. The summed E-state index contributed by atoms with van der Waals surface area (Å²) < 4.78 is 4.87. The Morgan fingerprint density at radius 1 is 1.13 bits per heavy atom. The third-order valence-corrected chi connectivity index (χ3v) is 4.92. The van der Waals surface area contributed by atoms with Crippen molar-refractivity contribution in [1.82, 2.24) is 5.32 Å². The molecule has 0 heterocycles. The number of aryl methyl sites for hydroxylation is 1. The fourth-order valence-corrected chi connectivity index (χ4v) is 3.05. The number of carboxylic acids is 1. The Hall–Kier alpha value is -3.28. The number of unbranched alkanes of at least 4 members (excludes halogenated alkanes) is 2. The Balaban J connectivity index is 2.20. The minimum atomic E-state index is -1.11. The van der Waals surface area contributed by atoms with E-state index in [0.29, 0.717) is 6.54 Å². The summed E-state index contributed by atoms with van der Waals surface area (Å²) in [6.45, 7) is 4.82. The first-order valence-corrected chi connectivity index (χ1v) is 10.1. The highest BCUT2D eigenvalue weighted by Crippen LogP contribution is 2.28. The maximum atomic E-state index is 12.4. The Morgan fingerprint density at radius 2 is 1.83 bits per heavy atom. The number of benzene rings is 2. The molecule has 2 aromatic rings. The number of hydrogen-bond donors (Lipinski definition) is 2. The molecule has 0 saturated heterocycles. The molecular formula is C24H30N2O4. The fraction of sp³-hybridized carbons (Fsp3) is 0.333. The van der Waals surface area contributed by atoms with Crippen LogP contribution in [0.2, 0.25) is 0 Å². The van der Waals surface area contributed by atoms with Crippen LogP contribution in [-0.4, -0.2) is 37.8 Å². The fourth-order valence-electron chi connectivity index (χ4n) is 3.05. The maximum Gasteiger partial charge on any atom is 0.371 e. The van der Waals surface area contributed by atoms with E-state index in [0.717, 1.165) is 47.2 Å². The van der Waals surface area contributed by atoms with Crippen molar-refractivity contribution >= 4 is 23.8 Å². The number of hydrogen-bond acceptors (Lipinski definition) is 3. The van der Waals surface area contributed by atoms with E-state index in [1.165, 1.54) is 13.2 Å². The van der Waals surface area contributed by atoms with Crippen molar-refractivity contribution < 1.29 is 19.4 Å². The zero-order valence-electron chi connectivity index (χ0n) is 18.1. The van der Waals surface area contributed by atoms with Gasteiger partial charge in [0.25, 0.3) is 0 Å². The molecule has 6 nitrogen and oxygen atoms in total. The molecule has 0 aliphatic rings. The first-order chi connectivity index (χ1) is 14.4. The summed E-state index contributed by atoms with van der Waals surface area (Å²) in [4.78, 5) is 25.1. The summed E-state index contributed by atoms with van der Waals surface area (Å²) in [5.74, 6) is -1.23. The summed E-state index contributed by atoms with van der Waals surface area (Å²) in [5, 5.41) is 12.0. The van der Waals surface area contributed by atoms with Crippen LogP contribution in [0.4, 0.5) is 10.5 Å². The molecule has 0 spiro atoms. The molecule has 0 saturated carbocycles. The molecule has 0 unspecified atom stereocenters. The second-order valence-electron chi connectivity index (χ2n) is 7.14. The van der Waals surface area contributed by atoms with Gasteiger partial charge in [-0.1, -0.05) is 50.1 Å². The average Bonchev–Trinajstić information content (AvgIpc) is 2.75. The number of methoxy groups -OCH3 is 1. The molecule has 0 aliphatic carbocycles. The maximum absolute atomic E-state index is 12.4. The number of aliphatic carboxylic acids is 1. The molecule has 0 radical (unpaired) electrons. The number of anilines is 1. The van der Waals surface area contributed by atoms with Crippen molar-refractivity contribution in [3.05, 3.63) is 59.4 Å². The van der Waals surface area contributed by atoms with Gasteiger partial charge in [0.05, 0.1) is 7.11 Å². The van der Waals surface area contributed by atoms with E-state index in [-0.39, 0.29) is 11.8 Å². The molecule has 6 heteroatoms. The van der Waals surface area contributed by atoms with Gasteiger partial charge in [-0.15, -0.1) is 0 Å². The van der Waals surface area contributed by atoms with Crippen LogP contribution < -0.4 is 10.2 Å². The predicted molar refractivity (Wildman–Crippen MR) is 121 cm³/mol. The van der Waals surface area contributed by atoms with Crippen molar-refractivity contribution in [3.63, 3.8) is 0 Å². The van der Waals surface area contributed by atoms with E-state index in [2.05, 4.69) is 12.2 Å². The van der Waals surface area contributed by atoms with E-state index >= 15 is 0 Å². The second kappa shape index (κ2) is 11.0. The molecule has 0 aliphatic heterocycles. The van der Waals surface area contributed by atoms with Crippen LogP contribution >= 0.6 is 0 Å². The van der Waals surface area contributed by atoms with Crippen molar-refractivity contribution in [1.29, 1.82) is 0 Å². The van der Waals surface area contributed by atoms with Crippen LogP contribution in [0.25, 0.3) is 17.2 Å². The Morgan fingerprint density at radius 3 is 2.43 bits per heavy atom. The predicted octanol–water partition coefficient (Wildman–Crippen LogP) is 5.07. The third kappa shape index (κ3) is 6.11.